The van der Waals surface area contributed by atoms with E-state index in [4.69, 9.17) is 16.2 Å². The van der Waals surface area contributed by atoms with Crippen molar-refractivity contribution >= 4 is 34.2 Å². The van der Waals surface area contributed by atoms with Gasteiger partial charge in [0.15, 0.2) is 0 Å². The molecule has 234 valence electrons. The number of hydrogen-bond acceptors (Lipinski definition) is 4. The van der Waals surface area contributed by atoms with E-state index in [1.54, 1.807) is 6.07 Å². The second-order valence-corrected chi connectivity index (χ2v) is 12.6. The Labute approximate surface area is 267 Å². The number of aromatic nitrogens is 2. The van der Waals surface area contributed by atoms with Crippen LogP contribution in [0.2, 0.25) is 0 Å². The average Bonchev–Trinajstić information content (AvgIpc) is 3.56. The number of rotatable bonds is 7. The van der Waals surface area contributed by atoms with Gasteiger partial charge in [0.1, 0.15) is 18.1 Å². The summed E-state index contributed by atoms with van der Waals surface area (Å²) in [5, 5.41) is 12.1. The number of phenolic OH excluding ortho intramolecular Hbond substituents is 1. The van der Waals surface area contributed by atoms with E-state index in [2.05, 4.69) is 48.1 Å². The largest absolute Gasteiger partial charge is 0.508 e. The van der Waals surface area contributed by atoms with Gasteiger partial charge in [-0.15, -0.1) is 12.4 Å². The summed E-state index contributed by atoms with van der Waals surface area (Å²) < 4.78 is 6.02. The summed E-state index contributed by atoms with van der Waals surface area (Å²) >= 11 is 0. The molecular formula is C37H47ClN4O2. The van der Waals surface area contributed by atoms with Gasteiger partial charge in [-0.25, -0.2) is 0 Å². The average molecular weight is 615 g/mol. The van der Waals surface area contributed by atoms with E-state index in [1.807, 2.05) is 36.4 Å². The summed E-state index contributed by atoms with van der Waals surface area (Å²) in [6.07, 6.45) is 9.29. The number of aromatic hydroxyl groups is 1. The van der Waals surface area contributed by atoms with E-state index < -0.39 is 0 Å². The van der Waals surface area contributed by atoms with Gasteiger partial charge in [-0.2, -0.15) is 0 Å². The standard InChI is InChI=1S/C22H26N2O.C15H20N2O.ClH/c1-2-6-16-11-19-18-13-17(25-14-15-7-4-3-5-8-15)9-10-21(18)24-22(19)20(23)12-16;1-2-3-9-6-12-11-8-10(18)4-5-14(11)17-15(12)13(16)7-9;/h3-5,7-10,13,16,20,24H,2,6,11-12,14,23H2,1H3;4-5,8-9,13,17-18H,2-3,6-7,16H2,1H3;1H. The lowest BCUT2D eigenvalue weighted by molar-refractivity contribution is 0.306. The maximum Gasteiger partial charge on any atom is 0.120 e. The first-order chi connectivity index (χ1) is 20.9. The lowest BCUT2D eigenvalue weighted by Gasteiger charge is -2.27. The van der Waals surface area contributed by atoms with Gasteiger partial charge in [0.25, 0.3) is 0 Å². The minimum Gasteiger partial charge on any atom is -0.508 e. The summed E-state index contributed by atoms with van der Waals surface area (Å²) in [5.74, 6) is 2.62. The number of halogens is 1. The molecule has 0 spiro atoms. The van der Waals surface area contributed by atoms with Gasteiger partial charge >= 0.3 is 0 Å². The van der Waals surface area contributed by atoms with Crippen LogP contribution in [0.4, 0.5) is 0 Å². The SMILES string of the molecule is CCCC1Cc2c([nH]c3ccc(O)cc23)C(N)C1.CCCC1Cc2c([nH]c3ccc(OCc4ccccc4)cc23)C(N)C1.Cl. The minimum atomic E-state index is 0. The zero-order valence-corrected chi connectivity index (χ0v) is 26.8. The van der Waals surface area contributed by atoms with Gasteiger partial charge in [-0.1, -0.05) is 69.9 Å². The fourth-order valence-electron chi connectivity index (χ4n) is 7.36. The van der Waals surface area contributed by atoms with Crippen LogP contribution in [0.15, 0.2) is 66.7 Å². The number of benzene rings is 3. The van der Waals surface area contributed by atoms with Gasteiger partial charge in [-0.05, 0) is 90.6 Å². The second-order valence-electron chi connectivity index (χ2n) is 12.6. The molecule has 2 aliphatic carbocycles. The Morgan fingerprint density at radius 3 is 1.86 bits per heavy atom. The molecule has 0 fully saturated rings. The number of nitrogens with one attached hydrogen (secondary N) is 2. The van der Waals surface area contributed by atoms with Gasteiger partial charge in [0, 0.05) is 45.3 Å². The van der Waals surface area contributed by atoms with Crippen LogP contribution in [0.25, 0.3) is 21.8 Å². The molecule has 0 saturated carbocycles. The Morgan fingerprint density at radius 2 is 1.30 bits per heavy atom. The molecule has 4 unspecified atom stereocenters. The van der Waals surface area contributed by atoms with Crippen molar-refractivity contribution in [2.75, 3.05) is 0 Å². The van der Waals surface area contributed by atoms with Crippen molar-refractivity contribution in [2.24, 2.45) is 23.3 Å². The molecule has 0 saturated heterocycles. The highest BCUT2D eigenvalue weighted by molar-refractivity contribution is 5.87. The summed E-state index contributed by atoms with van der Waals surface area (Å²) in [5.41, 5.74) is 21.3. The number of phenols is 1. The molecule has 44 heavy (non-hydrogen) atoms. The highest BCUT2D eigenvalue weighted by Crippen LogP contribution is 2.40. The summed E-state index contributed by atoms with van der Waals surface area (Å²) in [7, 11) is 0. The van der Waals surface area contributed by atoms with E-state index in [0.717, 1.165) is 42.3 Å². The van der Waals surface area contributed by atoms with Crippen molar-refractivity contribution in [3.63, 3.8) is 0 Å². The third-order valence-corrected chi connectivity index (χ3v) is 9.38. The first kappa shape index (κ1) is 32.0. The van der Waals surface area contributed by atoms with Crippen molar-refractivity contribution in [3.05, 3.63) is 94.8 Å². The molecule has 0 aliphatic heterocycles. The van der Waals surface area contributed by atoms with Crippen molar-refractivity contribution < 1.29 is 9.84 Å². The smallest absolute Gasteiger partial charge is 0.120 e. The molecule has 0 bridgehead atoms. The molecule has 5 aromatic rings. The molecular weight excluding hydrogens is 568 g/mol. The number of fused-ring (bicyclic) bond motifs is 6. The fourth-order valence-corrected chi connectivity index (χ4v) is 7.36. The van der Waals surface area contributed by atoms with E-state index >= 15 is 0 Å². The molecule has 3 aromatic carbocycles. The molecule has 6 nitrogen and oxygen atoms in total. The maximum absolute atomic E-state index is 9.64. The minimum absolute atomic E-state index is 0. The highest BCUT2D eigenvalue weighted by atomic mass is 35.5. The second kappa shape index (κ2) is 14.1. The summed E-state index contributed by atoms with van der Waals surface area (Å²) in [6.45, 7) is 5.07. The Hall–Kier alpha value is -3.45. The Bertz CT molecular complexity index is 1680. The van der Waals surface area contributed by atoms with Crippen molar-refractivity contribution in [3.8, 4) is 11.5 Å². The lowest BCUT2D eigenvalue weighted by atomic mass is 9.81. The van der Waals surface area contributed by atoms with Crippen LogP contribution in [-0.2, 0) is 19.4 Å². The fraction of sp³-hybridized carbons (Fsp3) is 0.405. The van der Waals surface area contributed by atoms with Crippen LogP contribution in [0, 0.1) is 11.8 Å². The van der Waals surface area contributed by atoms with Crippen LogP contribution in [0.3, 0.4) is 0 Å². The van der Waals surface area contributed by atoms with Crippen LogP contribution >= 0.6 is 12.4 Å². The molecule has 2 aliphatic rings. The van der Waals surface area contributed by atoms with Crippen LogP contribution in [-0.4, -0.2) is 15.1 Å². The zero-order valence-electron chi connectivity index (χ0n) is 25.9. The Morgan fingerprint density at radius 1 is 0.750 bits per heavy atom. The quantitative estimate of drug-likeness (QED) is 0.126. The molecule has 4 atom stereocenters. The third-order valence-electron chi connectivity index (χ3n) is 9.38. The van der Waals surface area contributed by atoms with Crippen LogP contribution < -0.4 is 16.2 Å². The van der Waals surface area contributed by atoms with E-state index in [1.165, 1.54) is 64.7 Å². The first-order valence-electron chi connectivity index (χ1n) is 16.1. The zero-order chi connectivity index (χ0) is 29.9. The van der Waals surface area contributed by atoms with Gasteiger partial charge in [-0.3, -0.25) is 0 Å². The molecule has 7 heteroatoms. The van der Waals surface area contributed by atoms with E-state index in [-0.39, 0.29) is 24.5 Å². The number of hydrogen-bond donors (Lipinski definition) is 5. The third kappa shape index (κ3) is 6.78. The maximum atomic E-state index is 9.64. The van der Waals surface area contributed by atoms with Crippen LogP contribution in [0.1, 0.15) is 92.5 Å². The molecule has 2 heterocycles. The van der Waals surface area contributed by atoms with Crippen LogP contribution in [0.5, 0.6) is 11.5 Å². The number of H-pyrrole nitrogens is 2. The Balaban J connectivity index is 0.000000179. The van der Waals surface area contributed by atoms with Gasteiger partial charge in [0.05, 0.1) is 0 Å². The predicted molar refractivity (Wildman–Crippen MR) is 184 cm³/mol. The molecule has 0 radical (unpaired) electrons. The lowest BCUT2D eigenvalue weighted by Crippen LogP contribution is -2.23. The molecule has 0 amide bonds. The van der Waals surface area contributed by atoms with Gasteiger partial charge in [0.2, 0.25) is 0 Å². The summed E-state index contributed by atoms with van der Waals surface area (Å²) in [6, 6.07) is 22.4. The van der Waals surface area contributed by atoms with E-state index in [0.29, 0.717) is 24.2 Å². The predicted octanol–water partition coefficient (Wildman–Crippen LogP) is 8.77. The molecule has 7 N–H and O–H groups in total. The van der Waals surface area contributed by atoms with Gasteiger partial charge < -0.3 is 31.3 Å². The van der Waals surface area contributed by atoms with Crippen molar-refractivity contribution in [2.45, 2.75) is 83.9 Å². The normalized spacial score (nSPS) is 20.7. The highest BCUT2D eigenvalue weighted by Gasteiger charge is 2.28. The number of nitrogens with two attached hydrogens (primary N) is 2. The first-order valence-corrected chi connectivity index (χ1v) is 16.1. The monoisotopic (exact) mass is 614 g/mol. The van der Waals surface area contributed by atoms with E-state index in [9.17, 15) is 5.11 Å². The van der Waals surface area contributed by atoms with Crippen molar-refractivity contribution in [1.82, 2.24) is 9.97 Å². The van der Waals surface area contributed by atoms with Crippen molar-refractivity contribution in [1.29, 1.82) is 0 Å². The molecule has 2 aromatic heterocycles. The molecule has 7 rings (SSSR count). The summed E-state index contributed by atoms with van der Waals surface area (Å²) in [4.78, 5) is 6.97. The topological polar surface area (TPSA) is 113 Å². The Kier molecular flexibility index (Phi) is 10.2. The number of ether oxygens (including phenoxy) is 1. The number of aromatic amines is 2.